The van der Waals surface area contributed by atoms with E-state index in [4.69, 9.17) is 10.00 Å². The van der Waals surface area contributed by atoms with Crippen LogP contribution in [0.4, 0.5) is 32.0 Å². The molecule has 36 heavy (non-hydrogen) atoms. The Kier molecular flexibility index (Phi) is 8.89. The summed E-state index contributed by atoms with van der Waals surface area (Å²) in [5.41, 5.74) is -1.52. The van der Waals surface area contributed by atoms with Gasteiger partial charge in [-0.25, -0.2) is 0 Å². The van der Waals surface area contributed by atoms with Crippen LogP contribution in [-0.2, 0) is 11.0 Å². The van der Waals surface area contributed by atoms with Crippen LogP contribution in [0.25, 0.3) is 0 Å². The first-order valence-electron chi connectivity index (χ1n) is 10.9. The van der Waals surface area contributed by atoms with Gasteiger partial charge in [-0.2, -0.15) is 31.6 Å². The lowest BCUT2D eigenvalue weighted by atomic mass is 9.88. The number of alkyl halides is 7. The summed E-state index contributed by atoms with van der Waals surface area (Å²) in [7, 11) is 0. The third-order valence-corrected chi connectivity index (χ3v) is 6.29. The maximum atomic E-state index is 13.7. The molecule has 2 N–H and O–H groups in total. The van der Waals surface area contributed by atoms with Crippen LogP contribution in [0, 0.1) is 11.3 Å². The molecule has 1 saturated heterocycles. The van der Waals surface area contributed by atoms with Gasteiger partial charge >= 0.3 is 12.4 Å². The lowest BCUT2D eigenvalue weighted by Crippen LogP contribution is -2.44. The molecule has 5 nitrogen and oxygen atoms in total. The summed E-state index contributed by atoms with van der Waals surface area (Å²) in [5, 5.41) is 14.8. The fourth-order valence-corrected chi connectivity index (χ4v) is 4.34. The third-order valence-electron chi connectivity index (χ3n) is 5.73. The average molecular weight is 578 g/mol. The van der Waals surface area contributed by atoms with E-state index in [-0.39, 0.29) is 24.5 Å². The normalized spacial score (nSPS) is 20.1. The first kappa shape index (κ1) is 27.8. The number of benzene rings is 2. The number of nitriles is 1. The van der Waals surface area contributed by atoms with E-state index in [1.807, 2.05) is 0 Å². The van der Waals surface area contributed by atoms with Crippen LogP contribution in [0.3, 0.4) is 0 Å². The topological polar surface area (TPSA) is 74.1 Å². The van der Waals surface area contributed by atoms with E-state index in [2.05, 4.69) is 26.6 Å². The molecule has 0 aliphatic carbocycles. The van der Waals surface area contributed by atoms with Gasteiger partial charge in [0.15, 0.2) is 0 Å². The molecule has 194 valence electrons. The molecule has 12 heteroatoms. The number of anilines is 1. The van der Waals surface area contributed by atoms with E-state index < -0.39 is 41.5 Å². The van der Waals surface area contributed by atoms with Gasteiger partial charge in [0.05, 0.1) is 17.2 Å². The predicted octanol–water partition coefficient (Wildman–Crippen LogP) is 6.15. The Morgan fingerprint density at radius 3 is 2.42 bits per heavy atom. The highest BCUT2D eigenvalue weighted by molar-refractivity contribution is 9.09. The first-order chi connectivity index (χ1) is 16.9. The summed E-state index contributed by atoms with van der Waals surface area (Å²) in [6, 6.07) is 7.54. The fraction of sp³-hybridized carbons (Fsp3) is 0.417. The van der Waals surface area contributed by atoms with Gasteiger partial charge in [-0.3, -0.25) is 10.1 Å². The van der Waals surface area contributed by atoms with E-state index >= 15 is 0 Å². The van der Waals surface area contributed by atoms with E-state index in [1.165, 1.54) is 6.07 Å². The number of nitrogens with zero attached hydrogens (tertiary/aromatic N) is 1. The third kappa shape index (κ3) is 7.13. The minimum absolute atomic E-state index is 0.116. The molecule has 1 aliphatic heterocycles. The molecule has 0 bridgehead atoms. The molecule has 3 rings (SSSR count). The summed E-state index contributed by atoms with van der Waals surface area (Å²) in [6.07, 6.45) is -8.66. The lowest BCUT2D eigenvalue weighted by Gasteiger charge is -2.23. The monoisotopic (exact) mass is 577 g/mol. The molecule has 0 aromatic heterocycles. The van der Waals surface area contributed by atoms with Gasteiger partial charge in [0.2, 0.25) is 5.91 Å². The number of carbonyl (C=O) groups is 1. The van der Waals surface area contributed by atoms with Crippen molar-refractivity contribution >= 4 is 27.5 Å². The van der Waals surface area contributed by atoms with Gasteiger partial charge in [-0.1, -0.05) is 22.0 Å². The molecule has 1 unspecified atom stereocenters. The summed E-state index contributed by atoms with van der Waals surface area (Å²) >= 11 is 3.25. The number of hydrogen-bond donors (Lipinski definition) is 2. The Balaban J connectivity index is 1.69. The molecule has 2 aromatic carbocycles. The molecule has 1 amide bonds. The van der Waals surface area contributed by atoms with Crippen molar-refractivity contribution in [3.8, 4) is 11.8 Å². The van der Waals surface area contributed by atoms with Crippen molar-refractivity contribution in [3.05, 3.63) is 59.2 Å². The van der Waals surface area contributed by atoms with Crippen LogP contribution in [-0.4, -0.2) is 36.1 Å². The van der Waals surface area contributed by atoms with Gasteiger partial charge in [0.25, 0.3) is 0 Å². The molecule has 1 aliphatic rings. The number of ether oxygens (including phenoxy) is 1. The second kappa shape index (κ2) is 11.5. The van der Waals surface area contributed by atoms with Crippen molar-refractivity contribution in [2.45, 2.75) is 49.6 Å². The molecule has 2 aromatic rings. The molecule has 3 atom stereocenters. The van der Waals surface area contributed by atoms with E-state index in [9.17, 15) is 31.1 Å². The quantitative estimate of drug-likeness (QED) is 0.292. The standard InChI is InChI=1S/C24H22BrF6N3O2/c25-9-1-2-21(35)33-16-5-7-18(8-6-16)36-13-17-11-19(22(34-17)24(29,30)31)14-3-4-15(12-32)20(10-14)23(26,27)28/h3-8,10,17,19,22,34H,1-2,9,11,13H2,(H,33,35)/t17-,19?,22+/m0/s1. The van der Waals surface area contributed by atoms with Gasteiger partial charge in [0.1, 0.15) is 18.4 Å². The van der Waals surface area contributed by atoms with Crippen LogP contribution < -0.4 is 15.4 Å². The van der Waals surface area contributed by atoms with Gasteiger partial charge in [0, 0.05) is 29.4 Å². The molecule has 1 fully saturated rings. The predicted molar refractivity (Wildman–Crippen MR) is 124 cm³/mol. The Morgan fingerprint density at radius 1 is 1.14 bits per heavy atom. The molecule has 0 saturated carbocycles. The Bertz CT molecular complexity index is 1100. The van der Waals surface area contributed by atoms with Crippen LogP contribution in [0.15, 0.2) is 42.5 Å². The summed E-state index contributed by atoms with van der Waals surface area (Å²) in [6.45, 7) is -0.150. The first-order valence-corrected chi connectivity index (χ1v) is 12.1. The number of nitrogens with one attached hydrogen (secondary N) is 2. The van der Waals surface area contributed by atoms with Crippen molar-refractivity contribution in [2.24, 2.45) is 0 Å². The summed E-state index contributed by atoms with van der Waals surface area (Å²) in [4.78, 5) is 11.8. The van der Waals surface area contributed by atoms with Crippen molar-refractivity contribution in [1.82, 2.24) is 5.32 Å². The molecular weight excluding hydrogens is 556 g/mol. The molecule has 0 spiro atoms. The lowest BCUT2D eigenvalue weighted by molar-refractivity contribution is -0.156. The fourth-order valence-electron chi connectivity index (χ4n) is 4.05. The Labute approximate surface area is 211 Å². The summed E-state index contributed by atoms with van der Waals surface area (Å²) < 4.78 is 86.8. The second-order valence-electron chi connectivity index (χ2n) is 8.32. The molecular formula is C24H22BrF6N3O2. The highest BCUT2D eigenvalue weighted by Crippen LogP contribution is 2.42. The second-order valence-corrected chi connectivity index (χ2v) is 9.11. The maximum absolute atomic E-state index is 13.7. The van der Waals surface area contributed by atoms with Crippen LogP contribution in [0.2, 0.25) is 0 Å². The van der Waals surface area contributed by atoms with E-state index in [0.717, 1.165) is 12.1 Å². The summed E-state index contributed by atoms with van der Waals surface area (Å²) in [5.74, 6) is -1.08. The van der Waals surface area contributed by atoms with Crippen LogP contribution >= 0.6 is 15.9 Å². The highest BCUT2D eigenvalue weighted by atomic mass is 79.9. The molecule has 1 heterocycles. The van der Waals surface area contributed by atoms with Crippen LogP contribution in [0.5, 0.6) is 5.75 Å². The van der Waals surface area contributed by atoms with Gasteiger partial charge < -0.3 is 10.1 Å². The van der Waals surface area contributed by atoms with E-state index in [0.29, 0.717) is 35.7 Å². The SMILES string of the molecule is N#Cc1ccc(C2C[C@@H](COc3ccc(NC(=O)CCCBr)cc3)N[C@H]2C(F)(F)F)cc1C(F)(F)F. The molecule has 0 radical (unpaired) electrons. The van der Waals surface area contributed by atoms with Gasteiger partial charge in [-0.05, 0) is 54.8 Å². The minimum atomic E-state index is -4.87. The largest absolute Gasteiger partial charge is 0.492 e. The number of rotatable bonds is 8. The Hall–Kier alpha value is -2.78. The minimum Gasteiger partial charge on any atom is -0.492 e. The highest BCUT2D eigenvalue weighted by Gasteiger charge is 2.51. The van der Waals surface area contributed by atoms with Gasteiger partial charge in [-0.15, -0.1) is 0 Å². The average Bonchev–Trinajstić information content (AvgIpc) is 3.26. The van der Waals surface area contributed by atoms with Crippen molar-refractivity contribution in [3.63, 3.8) is 0 Å². The van der Waals surface area contributed by atoms with Crippen molar-refractivity contribution in [1.29, 1.82) is 5.26 Å². The number of halogens is 7. The van der Waals surface area contributed by atoms with Crippen molar-refractivity contribution < 1.29 is 35.9 Å². The number of amides is 1. The zero-order valence-electron chi connectivity index (χ0n) is 18.7. The maximum Gasteiger partial charge on any atom is 0.417 e. The Morgan fingerprint density at radius 2 is 1.83 bits per heavy atom. The number of carbonyl (C=O) groups excluding carboxylic acids is 1. The van der Waals surface area contributed by atoms with Crippen LogP contribution in [0.1, 0.15) is 41.9 Å². The smallest absolute Gasteiger partial charge is 0.417 e. The number of hydrogen-bond acceptors (Lipinski definition) is 4. The van der Waals surface area contributed by atoms with E-state index in [1.54, 1.807) is 24.3 Å². The van der Waals surface area contributed by atoms with Crippen molar-refractivity contribution in [2.75, 3.05) is 17.3 Å². The zero-order valence-corrected chi connectivity index (χ0v) is 20.3. The zero-order chi connectivity index (χ0) is 26.5.